The van der Waals surface area contributed by atoms with Gasteiger partial charge in [-0.3, -0.25) is 4.79 Å². The Balaban J connectivity index is 2.21. The van der Waals surface area contributed by atoms with Crippen molar-refractivity contribution in [3.63, 3.8) is 0 Å². The summed E-state index contributed by atoms with van der Waals surface area (Å²) in [7, 11) is 0. The number of benzene rings is 1. The maximum Gasteiger partial charge on any atom is 0.322 e. The van der Waals surface area contributed by atoms with E-state index >= 15 is 0 Å². The van der Waals surface area contributed by atoms with Gasteiger partial charge in [-0.15, -0.1) is 0 Å². The summed E-state index contributed by atoms with van der Waals surface area (Å²) in [4.78, 5) is 11.0. The normalized spacial score (nSPS) is 29.2. The molecule has 1 aliphatic heterocycles. The number of carboxylic acids is 1. The van der Waals surface area contributed by atoms with Crippen molar-refractivity contribution in [2.45, 2.75) is 25.4 Å². The second-order valence-corrected chi connectivity index (χ2v) is 4.07. The minimum Gasteiger partial charge on any atom is -0.480 e. The lowest BCUT2D eigenvalue weighted by molar-refractivity contribution is -0.140. The molecule has 1 aliphatic rings. The van der Waals surface area contributed by atoms with E-state index in [1.807, 2.05) is 37.3 Å². The first-order chi connectivity index (χ1) is 7.74. The molecule has 1 aromatic carbocycles. The number of hydrazine groups is 1. The van der Waals surface area contributed by atoms with Gasteiger partial charge >= 0.3 is 5.97 Å². The van der Waals surface area contributed by atoms with Crippen LogP contribution in [0.2, 0.25) is 0 Å². The molecule has 0 radical (unpaired) electrons. The maximum atomic E-state index is 11.0. The third-order valence-electron chi connectivity index (χ3n) is 3.15. The number of nitrogens with one attached hydrogen (secondary N) is 2. The van der Waals surface area contributed by atoms with Gasteiger partial charge in [0, 0.05) is 5.92 Å². The molecule has 0 aromatic heterocycles. The lowest BCUT2D eigenvalue weighted by Crippen LogP contribution is -2.38. The number of carboxylic acid groups (broad SMARTS) is 1. The molecule has 3 atom stereocenters. The highest BCUT2D eigenvalue weighted by atomic mass is 16.4. The zero-order valence-corrected chi connectivity index (χ0v) is 9.18. The predicted molar refractivity (Wildman–Crippen MR) is 60.7 cm³/mol. The molecule has 4 heteroatoms. The third-order valence-corrected chi connectivity index (χ3v) is 3.15. The summed E-state index contributed by atoms with van der Waals surface area (Å²) in [5, 5.41) is 9.08. The van der Waals surface area contributed by atoms with E-state index in [4.69, 9.17) is 5.11 Å². The van der Waals surface area contributed by atoms with Gasteiger partial charge in [-0.1, -0.05) is 37.3 Å². The molecular formula is C12H16N2O2. The van der Waals surface area contributed by atoms with E-state index in [0.29, 0.717) is 0 Å². The van der Waals surface area contributed by atoms with Crippen molar-refractivity contribution in [2.24, 2.45) is 5.92 Å². The van der Waals surface area contributed by atoms with Crippen LogP contribution >= 0.6 is 0 Å². The SMILES string of the molecule is CCC1C(C(=O)O)NNC1c1ccccc1. The van der Waals surface area contributed by atoms with Gasteiger partial charge < -0.3 is 5.11 Å². The number of rotatable bonds is 3. The molecule has 86 valence electrons. The molecule has 0 aliphatic carbocycles. The van der Waals surface area contributed by atoms with Crippen molar-refractivity contribution >= 4 is 5.97 Å². The van der Waals surface area contributed by atoms with Gasteiger partial charge in [-0.05, 0) is 12.0 Å². The minimum atomic E-state index is -0.794. The van der Waals surface area contributed by atoms with Crippen molar-refractivity contribution in [2.75, 3.05) is 0 Å². The second-order valence-electron chi connectivity index (χ2n) is 4.07. The first kappa shape index (κ1) is 11.1. The highest BCUT2D eigenvalue weighted by Crippen LogP contribution is 2.30. The van der Waals surface area contributed by atoms with E-state index in [1.54, 1.807) is 0 Å². The Morgan fingerprint density at radius 1 is 1.31 bits per heavy atom. The van der Waals surface area contributed by atoms with Crippen LogP contribution in [0.15, 0.2) is 30.3 Å². The maximum absolute atomic E-state index is 11.0. The van der Waals surface area contributed by atoms with Gasteiger partial charge in [0.25, 0.3) is 0 Å². The average molecular weight is 220 g/mol. The smallest absolute Gasteiger partial charge is 0.322 e. The lowest BCUT2D eigenvalue weighted by Gasteiger charge is -2.19. The Morgan fingerprint density at radius 3 is 2.56 bits per heavy atom. The molecule has 1 heterocycles. The van der Waals surface area contributed by atoms with E-state index in [0.717, 1.165) is 12.0 Å². The Hall–Kier alpha value is -1.39. The van der Waals surface area contributed by atoms with Crippen LogP contribution in [-0.4, -0.2) is 17.1 Å². The van der Waals surface area contributed by atoms with E-state index in [9.17, 15) is 4.79 Å². The van der Waals surface area contributed by atoms with Crippen molar-refractivity contribution < 1.29 is 9.90 Å². The molecule has 1 saturated heterocycles. The molecule has 3 unspecified atom stereocenters. The Morgan fingerprint density at radius 2 is 2.00 bits per heavy atom. The summed E-state index contributed by atoms with van der Waals surface area (Å²) in [6, 6.07) is 9.51. The molecule has 0 amide bonds. The molecule has 0 bridgehead atoms. The van der Waals surface area contributed by atoms with E-state index in [-0.39, 0.29) is 12.0 Å². The number of aliphatic carboxylic acids is 1. The Labute approximate surface area is 94.6 Å². The minimum absolute atomic E-state index is 0.0762. The van der Waals surface area contributed by atoms with E-state index < -0.39 is 12.0 Å². The van der Waals surface area contributed by atoms with Crippen LogP contribution < -0.4 is 10.9 Å². The molecular weight excluding hydrogens is 204 g/mol. The lowest BCUT2D eigenvalue weighted by atomic mass is 9.87. The van der Waals surface area contributed by atoms with Crippen molar-refractivity contribution in [3.05, 3.63) is 35.9 Å². The van der Waals surface area contributed by atoms with Gasteiger partial charge in [-0.2, -0.15) is 0 Å². The standard InChI is InChI=1S/C12H16N2O2/c1-2-9-10(8-6-4-3-5-7-8)13-14-11(9)12(15)16/h3-7,9-11,13-14H,2H2,1H3,(H,15,16). The van der Waals surface area contributed by atoms with Crippen molar-refractivity contribution in [1.82, 2.24) is 10.9 Å². The first-order valence-corrected chi connectivity index (χ1v) is 5.53. The summed E-state index contributed by atoms with van der Waals surface area (Å²) in [6.07, 6.45) is 0.830. The predicted octanol–water partition coefficient (Wildman–Crippen LogP) is 1.31. The zero-order valence-electron chi connectivity index (χ0n) is 9.18. The van der Waals surface area contributed by atoms with Crippen molar-refractivity contribution in [1.29, 1.82) is 0 Å². The topological polar surface area (TPSA) is 61.4 Å². The van der Waals surface area contributed by atoms with Gasteiger partial charge in [0.2, 0.25) is 0 Å². The molecule has 0 spiro atoms. The number of hydrogen-bond acceptors (Lipinski definition) is 3. The summed E-state index contributed by atoms with van der Waals surface area (Å²) < 4.78 is 0. The Kier molecular flexibility index (Phi) is 3.22. The van der Waals surface area contributed by atoms with Gasteiger partial charge in [-0.25, -0.2) is 10.9 Å². The second kappa shape index (κ2) is 4.63. The van der Waals surface area contributed by atoms with Gasteiger partial charge in [0.1, 0.15) is 6.04 Å². The molecule has 16 heavy (non-hydrogen) atoms. The highest BCUT2D eigenvalue weighted by Gasteiger charge is 2.39. The Bertz CT molecular complexity index is 367. The summed E-state index contributed by atoms with van der Waals surface area (Å²) in [5.41, 5.74) is 7.06. The zero-order chi connectivity index (χ0) is 11.5. The fourth-order valence-electron chi connectivity index (χ4n) is 2.29. The molecule has 4 nitrogen and oxygen atoms in total. The van der Waals surface area contributed by atoms with Gasteiger partial charge in [0.15, 0.2) is 0 Å². The summed E-state index contributed by atoms with van der Waals surface area (Å²) in [6.45, 7) is 2.02. The average Bonchev–Trinajstić information content (AvgIpc) is 2.73. The number of carbonyl (C=O) groups is 1. The largest absolute Gasteiger partial charge is 0.480 e. The quantitative estimate of drug-likeness (QED) is 0.719. The van der Waals surface area contributed by atoms with Crippen molar-refractivity contribution in [3.8, 4) is 0 Å². The summed E-state index contributed by atoms with van der Waals surface area (Å²) in [5.74, 6) is -0.710. The van der Waals surface area contributed by atoms with Crippen LogP contribution in [0, 0.1) is 5.92 Å². The molecule has 3 N–H and O–H groups in total. The van der Waals surface area contributed by atoms with Crippen LogP contribution in [0.1, 0.15) is 24.9 Å². The van der Waals surface area contributed by atoms with Crippen LogP contribution in [0.4, 0.5) is 0 Å². The van der Waals surface area contributed by atoms with Gasteiger partial charge in [0.05, 0.1) is 6.04 Å². The molecule has 2 rings (SSSR count). The third kappa shape index (κ3) is 1.94. The molecule has 0 saturated carbocycles. The van der Waals surface area contributed by atoms with Crippen LogP contribution in [0.5, 0.6) is 0 Å². The van der Waals surface area contributed by atoms with Crippen LogP contribution in [0.25, 0.3) is 0 Å². The van der Waals surface area contributed by atoms with E-state index in [1.165, 1.54) is 0 Å². The first-order valence-electron chi connectivity index (χ1n) is 5.53. The monoisotopic (exact) mass is 220 g/mol. The highest BCUT2D eigenvalue weighted by molar-refractivity contribution is 5.74. The fraction of sp³-hybridized carbons (Fsp3) is 0.417. The number of hydrogen-bond donors (Lipinski definition) is 3. The fourth-order valence-corrected chi connectivity index (χ4v) is 2.29. The van der Waals surface area contributed by atoms with Crippen LogP contribution in [0.3, 0.4) is 0 Å². The molecule has 1 aromatic rings. The van der Waals surface area contributed by atoms with Crippen LogP contribution in [-0.2, 0) is 4.79 Å². The molecule has 1 fully saturated rings. The summed E-state index contributed by atoms with van der Waals surface area (Å²) >= 11 is 0. The van der Waals surface area contributed by atoms with E-state index in [2.05, 4.69) is 10.9 Å².